The van der Waals surface area contributed by atoms with Crippen LogP contribution >= 0.6 is 11.3 Å². The largest absolute Gasteiger partial charge is 0.486 e. The number of hydrogen-bond donors (Lipinski definition) is 2. The third kappa shape index (κ3) is 3.40. The van der Waals surface area contributed by atoms with E-state index >= 15 is 0 Å². The Morgan fingerprint density at radius 3 is 2.93 bits per heavy atom. The summed E-state index contributed by atoms with van der Waals surface area (Å²) in [6.07, 6.45) is 1.38. The van der Waals surface area contributed by atoms with E-state index in [0.29, 0.717) is 30.4 Å². The number of benzene rings is 1. The Labute approximate surface area is 160 Å². The summed E-state index contributed by atoms with van der Waals surface area (Å²) in [7, 11) is 0. The van der Waals surface area contributed by atoms with Gasteiger partial charge in [-0.15, -0.1) is 11.3 Å². The molecule has 0 fully saturated rings. The van der Waals surface area contributed by atoms with Crippen LogP contribution in [-0.2, 0) is 0 Å². The lowest BCUT2D eigenvalue weighted by Gasteiger charge is -2.26. The van der Waals surface area contributed by atoms with Gasteiger partial charge < -0.3 is 20.1 Å². The zero-order valence-electron chi connectivity index (χ0n) is 15.1. The number of para-hydroxylation sites is 2. The lowest BCUT2D eigenvalue weighted by Crippen LogP contribution is -2.35. The van der Waals surface area contributed by atoms with Crippen LogP contribution in [0, 0.1) is 6.92 Å². The van der Waals surface area contributed by atoms with Crippen molar-refractivity contribution >= 4 is 33.3 Å². The molecule has 0 radical (unpaired) electrons. The van der Waals surface area contributed by atoms with Crippen molar-refractivity contribution < 1.29 is 14.3 Å². The summed E-state index contributed by atoms with van der Waals surface area (Å²) in [5.41, 5.74) is 0.884. The molecule has 0 saturated carbocycles. The number of carbonyl (C=O) groups is 1. The number of nitrogens with one attached hydrogen (secondary N) is 2. The fourth-order valence-corrected chi connectivity index (χ4v) is 4.10. The molecule has 0 aliphatic carbocycles. The number of fused-ring (bicyclic) bond motifs is 2. The maximum Gasteiger partial charge on any atom is 0.261 e. The highest BCUT2D eigenvalue weighted by Crippen LogP contribution is 2.34. The van der Waals surface area contributed by atoms with Crippen molar-refractivity contribution in [3.8, 4) is 11.5 Å². The van der Waals surface area contributed by atoms with Crippen LogP contribution in [0.3, 0.4) is 0 Å². The number of ether oxygens (including phenoxy) is 2. The van der Waals surface area contributed by atoms with Gasteiger partial charge in [0.05, 0.1) is 16.8 Å². The monoisotopic (exact) mass is 384 g/mol. The fraction of sp³-hybridized carbons (Fsp3) is 0.316. The first kappa shape index (κ1) is 17.5. The van der Waals surface area contributed by atoms with Gasteiger partial charge in [0.2, 0.25) is 0 Å². The molecule has 1 unspecified atom stereocenters. The normalized spacial score (nSPS) is 15.6. The average Bonchev–Trinajstić information content (AvgIpc) is 3.04. The molecule has 0 bridgehead atoms. The summed E-state index contributed by atoms with van der Waals surface area (Å²) in [5, 5.41) is 7.05. The van der Waals surface area contributed by atoms with Gasteiger partial charge >= 0.3 is 0 Å². The van der Waals surface area contributed by atoms with Crippen molar-refractivity contribution in [1.82, 2.24) is 15.3 Å². The molecule has 4 rings (SSSR count). The third-order valence-electron chi connectivity index (χ3n) is 4.34. The van der Waals surface area contributed by atoms with Gasteiger partial charge in [0.15, 0.2) is 11.5 Å². The Morgan fingerprint density at radius 1 is 1.30 bits per heavy atom. The molecular weight excluding hydrogens is 364 g/mol. The van der Waals surface area contributed by atoms with Crippen LogP contribution < -0.4 is 20.1 Å². The topological polar surface area (TPSA) is 85.4 Å². The molecule has 140 valence electrons. The van der Waals surface area contributed by atoms with Crippen molar-refractivity contribution in [3.63, 3.8) is 0 Å². The minimum absolute atomic E-state index is 0.0791. The van der Waals surface area contributed by atoms with E-state index in [1.165, 1.54) is 17.7 Å². The Hall–Kier alpha value is -2.87. The van der Waals surface area contributed by atoms with Gasteiger partial charge in [-0.05, 0) is 31.5 Å². The summed E-state index contributed by atoms with van der Waals surface area (Å²) in [4.78, 5) is 22.4. The number of anilines is 1. The minimum atomic E-state index is -0.133. The second kappa shape index (κ2) is 7.40. The summed E-state index contributed by atoms with van der Waals surface area (Å²) < 4.78 is 11.7. The number of aryl methyl sites for hydroxylation is 1. The Balaban J connectivity index is 1.53. The van der Waals surface area contributed by atoms with Crippen LogP contribution in [0.1, 0.15) is 22.2 Å². The lowest BCUT2D eigenvalue weighted by atomic mass is 10.2. The zero-order chi connectivity index (χ0) is 18.8. The maximum atomic E-state index is 12.3. The second-order valence-electron chi connectivity index (χ2n) is 6.20. The molecule has 1 aliphatic rings. The summed E-state index contributed by atoms with van der Waals surface area (Å²) in [5.74, 6) is 2.13. The maximum absolute atomic E-state index is 12.3. The number of amides is 1. The molecule has 0 spiro atoms. The van der Waals surface area contributed by atoms with E-state index in [1.54, 1.807) is 0 Å². The zero-order valence-corrected chi connectivity index (χ0v) is 15.9. The van der Waals surface area contributed by atoms with Crippen LogP contribution in [0.4, 0.5) is 5.82 Å². The van der Waals surface area contributed by atoms with E-state index in [2.05, 4.69) is 20.6 Å². The molecule has 1 amide bonds. The van der Waals surface area contributed by atoms with E-state index in [0.717, 1.165) is 27.3 Å². The van der Waals surface area contributed by atoms with Crippen LogP contribution in [0.5, 0.6) is 11.5 Å². The molecule has 3 aromatic rings. The van der Waals surface area contributed by atoms with Crippen LogP contribution in [0.2, 0.25) is 0 Å². The summed E-state index contributed by atoms with van der Waals surface area (Å²) in [6.45, 7) is 5.41. The number of thiophene rings is 1. The smallest absolute Gasteiger partial charge is 0.261 e. The summed E-state index contributed by atoms with van der Waals surface area (Å²) in [6, 6.07) is 7.63. The standard InChI is InChI=1S/C19H20N4O3S/c1-3-20-18(24)16-11(2)15-17(22-10-23-19(15)27-16)21-8-12-9-25-13-6-4-5-7-14(13)26-12/h4-7,10,12H,3,8-9H2,1-2H3,(H,20,24)(H,21,22,23). The van der Waals surface area contributed by atoms with Gasteiger partial charge in [-0.2, -0.15) is 0 Å². The highest BCUT2D eigenvalue weighted by atomic mass is 32.1. The predicted molar refractivity (Wildman–Crippen MR) is 105 cm³/mol. The van der Waals surface area contributed by atoms with Crippen LogP contribution in [-0.4, -0.2) is 41.7 Å². The molecule has 1 aliphatic heterocycles. The first-order valence-corrected chi connectivity index (χ1v) is 9.63. The molecule has 3 heterocycles. The lowest BCUT2D eigenvalue weighted by molar-refractivity contribution is 0.0959. The van der Waals surface area contributed by atoms with Gasteiger partial charge in [-0.1, -0.05) is 12.1 Å². The molecule has 2 aromatic heterocycles. The van der Waals surface area contributed by atoms with Gasteiger partial charge in [0.1, 0.15) is 29.7 Å². The van der Waals surface area contributed by atoms with E-state index in [1.807, 2.05) is 38.1 Å². The number of nitrogens with zero attached hydrogens (tertiary/aromatic N) is 2. The number of aromatic nitrogens is 2. The number of rotatable bonds is 5. The van der Waals surface area contributed by atoms with Crippen LogP contribution in [0.15, 0.2) is 30.6 Å². The Bertz CT molecular complexity index is 988. The van der Waals surface area contributed by atoms with Gasteiger partial charge in [0, 0.05) is 6.54 Å². The first-order valence-electron chi connectivity index (χ1n) is 8.82. The van der Waals surface area contributed by atoms with E-state index < -0.39 is 0 Å². The minimum Gasteiger partial charge on any atom is -0.486 e. The van der Waals surface area contributed by atoms with Crippen molar-refractivity contribution in [2.45, 2.75) is 20.0 Å². The third-order valence-corrected chi connectivity index (χ3v) is 5.53. The number of hydrogen-bond acceptors (Lipinski definition) is 7. The molecule has 1 aromatic carbocycles. The molecular formula is C19H20N4O3S. The van der Waals surface area contributed by atoms with Crippen molar-refractivity contribution in [2.75, 3.05) is 25.0 Å². The van der Waals surface area contributed by atoms with E-state index in [4.69, 9.17) is 9.47 Å². The molecule has 8 heteroatoms. The highest BCUT2D eigenvalue weighted by Gasteiger charge is 2.22. The van der Waals surface area contributed by atoms with Crippen molar-refractivity contribution in [1.29, 1.82) is 0 Å². The fourth-order valence-electron chi connectivity index (χ4n) is 3.04. The summed E-state index contributed by atoms with van der Waals surface area (Å²) >= 11 is 1.38. The van der Waals surface area contributed by atoms with E-state index in [9.17, 15) is 4.79 Å². The molecule has 27 heavy (non-hydrogen) atoms. The van der Waals surface area contributed by atoms with Gasteiger partial charge in [-0.3, -0.25) is 4.79 Å². The first-order chi connectivity index (χ1) is 13.2. The molecule has 2 N–H and O–H groups in total. The predicted octanol–water partition coefficient (Wildman–Crippen LogP) is 3.00. The average molecular weight is 384 g/mol. The Kier molecular flexibility index (Phi) is 4.81. The van der Waals surface area contributed by atoms with Gasteiger partial charge in [-0.25, -0.2) is 9.97 Å². The van der Waals surface area contributed by atoms with Crippen LogP contribution in [0.25, 0.3) is 10.2 Å². The highest BCUT2D eigenvalue weighted by molar-refractivity contribution is 7.20. The molecule has 0 saturated heterocycles. The number of carbonyl (C=O) groups excluding carboxylic acids is 1. The SMILES string of the molecule is CCNC(=O)c1sc2ncnc(NCC3COc4ccccc4O3)c2c1C. The molecule has 1 atom stereocenters. The second-order valence-corrected chi connectivity index (χ2v) is 7.20. The van der Waals surface area contributed by atoms with E-state index in [-0.39, 0.29) is 12.0 Å². The van der Waals surface area contributed by atoms with Gasteiger partial charge in [0.25, 0.3) is 5.91 Å². The quantitative estimate of drug-likeness (QED) is 0.703. The van der Waals surface area contributed by atoms with Crippen molar-refractivity contribution in [2.24, 2.45) is 0 Å². The van der Waals surface area contributed by atoms with Crippen molar-refractivity contribution in [3.05, 3.63) is 41.0 Å². The molecule has 7 nitrogen and oxygen atoms in total. The Morgan fingerprint density at radius 2 is 2.11 bits per heavy atom.